The second kappa shape index (κ2) is 19.1. The first-order chi connectivity index (χ1) is 27.8. The molecule has 1 aliphatic heterocycles. The predicted octanol–water partition coefficient (Wildman–Crippen LogP) is 7.38. The molecule has 6 rings (SSSR count). The number of nitrogens with two attached hydrogens (primary N) is 1. The largest absolute Gasteiger partial charge is 0.516 e. The van der Waals surface area contributed by atoms with Crippen LogP contribution in [0.25, 0.3) is 22.5 Å². The zero-order chi connectivity index (χ0) is 41.9. The lowest BCUT2D eigenvalue weighted by molar-refractivity contribution is -0.0429. The number of azo groups is 1. The summed E-state index contributed by atoms with van der Waals surface area (Å²) in [5.41, 5.74) is 0.192. The van der Waals surface area contributed by atoms with E-state index in [1.54, 1.807) is 48.9 Å². The van der Waals surface area contributed by atoms with Crippen molar-refractivity contribution < 1.29 is 40.7 Å². The summed E-state index contributed by atoms with van der Waals surface area (Å²) in [7, 11) is -5.72. The highest BCUT2D eigenvalue weighted by molar-refractivity contribution is 7.93. The first kappa shape index (κ1) is 42.6. The van der Waals surface area contributed by atoms with Crippen molar-refractivity contribution in [1.29, 1.82) is 0 Å². The normalized spacial score (nSPS) is 12.6. The van der Waals surface area contributed by atoms with E-state index in [4.69, 9.17) is 15.3 Å². The van der Waals surface area contributed by atoms with Crippen molar-refractivity contribution in [2.45, 2.75) is 39.1 Å². The molecule has 304 valence electrons. The Morgan fingerprint density at radius 3 is 1.95 bits per heavy atom. The number of ether oxygens (including phenoxy) is 2. The molecule has 0 radical (unpaired) electrons. The second-order valence-corrected chi connectivity index (χ2v) is 13.8. The summed E-state index contributed by atoms with van der Waals surface area (Å²) in [6, 6.07) is 20.9. The van der Waals surface area contributed by atoms with Gasteiger partial charge in [0.2, 0.25) is 5.95 Å². The molecule has 0 saturated heterocycles. The first-order valence-corrected chi connectivity index (χ1v) is 19.4. The molecule has 5 aromatic rings. The van der Waals surface area contributed by atoms with E-state index in [9.17, 15) is 31.2 Å². The Labute approximate surface area is 331 Å². The molecule has 0 fully saturated rings. The molecule has 0 atom stereocenters. The van der Waals surface area contributed by atoms with E-state index >= 15 is 0 Å². The molecule has 0 amide bonds. The molecule has 4 N–H and O–H groups in total. The summed E-state index contributed by atoms with van der Waals surface area (Å²) in [5, 5.41) is 7.99. The highest BCUT2D eigenvalue weighted by atomic mass is 32.2. The third-order valence-electron chi connectivity index (χ3n) is 8.37. The summed E-state index contributed by atoms with van der Waals surface area (Å²) < 4.78 is 75.1. The van der Waals surface area contributed by atoms with Crippen molar-refractivity contribution in [3.63, 3.8) is 0 Å². The molecule has 0 unspecified atom stereocenters. The smallest absolute Gasteiger partial charge is 0.462 e. The molecular weight excluding hydrogens is 782 g/mol. The van der Waals surface area contributed by atoms with Gasteiger partial charge in [-0.2, -0.15) is 21.6 Å². The number of carbonyl (C=O) groups excluding carboxylic acids is 2. The van der Waals surface area contributed by atoms with Crippen LogP contribution in [0.15, 0.2) is 95.4 Å². The second-order valence-electron chi connectivity index (χ2n) is 12.1. The van der Waals surface area contributed by atoms with Crippen molar-refractivity contribution in [1.82, 2.24) is 19.9 Å². The topological polar surface area (TPSA) is 216 Å². The Morgan fingerprint density at radius 2 is 1.41 bits per heavy atom. The van der Waals surface area contributed by atoms with Crippen molar-refractivity contribution in [2.24, 2.45) is 16.1 Å². The van der Waals surface area contributed by atoms with E-state index in [-0.39, 0.29) is 41.1 Å². The average Bonchev–Trinajstić information content (AvgIpc) is 3.22. The van der Waals surface area contributed by atoms with Gasteiger partial charge in [-0.05, 0) is 51.3 Å². The Bertz CT molecular complexity index is 2370. The molecule has 0 spiro atoms. The van der Waals surface area contributed by atoms with Gasteiger partial charge in [0.1, 0.15) is 16.8 Å². The van der Waals surface area contributed by atoms with Crippen LogP contribution in [0.3, 0.4) is 0 Å². The van der Waals surface area contributed by atoms with E-state index in [1.165, 1.54) is 24.5 Å². The van der Waals surface area contributed by atoms with Gasteiger partial charge in [-0.25, -0.2) is 35.4 Å². The number of nitrogens with zero attached hydrogens (tertiary/aromatic N) is 7. The molecule has 2 aromatic heterocycles. The number of nitrogen functional groups attached to an aromatic ring is 1. The maximum absolute atomic E-state index is 13.2. The van der Waals surface area contributed by atoms with Gasteiger partial charge in [0.15, 0.2) is 0 Å². The minimum atomic E-state index is -5.72. The molecule has 0 saturated carbocycles. The van der Waals surface area contributed by atoms with Crippen LogP contribution in [0.4, 0.5) is 42.1 Å². The van der Waals surface area contributed by atoms with Crippen LogP contribution in [0.1, 0.15) is 53.5 Å². The fourth-order valence-electron chi connectivity index (χ4n) is 5.71. The van der Waals surface area contributed by atoms with E-state index < -0.39 is 27.5 Å². The fraction of sp³-hybridized carbons (Fsp3) is 0.263. The minimum Gasteiger partial charge on any atom is -0.462 e. The van der Waals surface area contributed by atoms with Gasteiger partial charge in [-0.1, -0.05) is 60.7 Å². The number of hydrogen-bond acceptors (Lipinski definition) is 15. The maximum atomic E-state index is 13.2. The van der Waals surface area contributed by atoms with Crippen molar-refractivity contribution in [2.75, 3.05) is 41.4 Å². The van der Waals surface area contributed by atoms with Crippen molar-refractivity contribution in [3.05, 3.63) is 102 Å². The molecular formula is C38H39F3N10O6S. The van der Waals surface area contributed by atoms with Gasteiger partial charge in [0, 0.05) is 42.3 Å². The lowest BCUT2D eigenvalue weighted by atomic mass is 10.0. The molecule has 58 heavy (non-hydrogen) atoms. The third-order valence-corrected chi connectivity index (χ3v) is 9.47. The third kappa shape index (κ3) is 10.2. The number of carbonyl (C=O) groups is 2. The van der Waals surface area contributed by atoms with E-state index in [0.29, 0.717) is 48.6 Å². The number of nitrogens with one attached hydrogen (secondary N) is 2. The number of alkyl halides is 3. The van der Waals surface area contributed by atoms with Crippen LogP contribution in [0.2, 0.25) is 0 Å². The van der Waals surface area contributed by atoms with Crippen molar-refractivity contribution in [3.8, 4) is 22.5 Å². The number of sulfonamides is 1. The number of rotatable bonds is 12. The number of anilines is 3. The summed E-state index contributed by atoms with van der Waals surface area (Å²) in [4.78, 5) is 42.8. The summed E-state index contributed by atoms with van der Waals surface area (Å²) in [6.07, 6.45) is 4.07. The SMILES string of the molecule is CCOC(=O)c1cnc(N=Nc2cc3c(cc2NS(=O)(=O)C(F)(F)F)N(CC)CCC3)nc1-c1ccccc1.CCOC(=O)c1cnc(NN)nc1-c1ccccc1. The number of hydrogen-bond donors (Lipinski definition) is 3. The Hall–Kier alpha value is -6.54. The fourth-order valence-corrected chi connectivity index (χ4v) is 6.28. The molecule has 3 aromatic carbocycles. The van der Waals surface area contributed by atoms with Gasteiger partial charge >= 0.3 is 27.5 Å². The average molecular weight is 821 g/mol. The zero-order valence-electron chi connectivity index (χ0n) is 31.5. The predicted molar refractivity (Wildman–Crippen MR) is 210 cm³/mol. The van der Waals surface area contributed by atoms with Crippen LogP contribution in [0, 0.1) is 0 Å². The zero-order valence-corrected chi connectivity index (χ0v) is 32.3. The Kier molecular flexibility index (Phi) is 14.0. The standard InChI is InChI=1S/C25H25F3N6O4S.C13H14N4O2/c1-3-34-12-8-11-17-13-19(20(14-21(17)34)33-39(36,37)25(26,27)28)31-32-24-29-15-18(23(35)38-4-2)22(30-24)16-9-6-5-7-10-16;1-2-19-12(18)10-8-15-13(17-14)16-11(10)9-6-4-3-5-7-9/h5-7,9-10,13-15,33H,3-4,8,11-12H2,1-2H3;3-8H,2,14H2,1H3,(H,15,16,17). The monoisotopic (exact) mass is 820 g/mol. The number of fused-ring (bicyclic) bond motifs is 1. The van der Waals surface area contributed by atoms with Crippen LogP contribution in [0.5, 0.6) is 0 Å². The van der Waals surface area contributed by atoms with Crippen LogP contribution < -0.4 is 20.9 Å². The number of benzene rings is 3. The minimum absolute atomic E-state index is 0.0917. The highest BCUT2D eigenvalue weighted by Crippen LogP contribution is 2.39. The van der Waals surface area contributed by atoms with Gasteiger partial charge in [-0.3, -0.25) is 10.1 Å². The Balaban J connectivity index is 0.000000281. The van der Waals surface area contributed by atoms with Gasteiger partial charge in [-0.15, -0.1) is 10.2 Å². The maximum Gasteiger partial charge on any atom is 0.516 e. The number of aromatic nitrogens is 4. The van der Waals surface area contributed by atoms with Gasteiger partial charge in [0.25, 0.3) is 5.95 Å². The summed E-state index contributed by atoms with van der Waals surface area (Å²) in [5.74, 6) is 4.24. The van der Waals surface area contributed by atoms with Crippen LogP contribution in [-0.4, -0.2) is 72.1 Å². The lowest BCUT2D eigenvalue weighted by Gasteiger charge is -2.31. The van der Waals surface area contributed by atoms with Gasteiger partial charge in [0.05, 0.1) is 30.3 Å². The van der Waals surface area contributed by atoms with Crippen molar-refractivity contribution >= 4 is 50.9 Å². The summed E-state index contributed by atoms with van der Waals surface area (Å²) in [6.45, 7) is 7.00. The molecule has 1 aliphatic rings. The summed E-state index contributed by atoms with van der Waals surface area (Å²) >= 11 is 0. The number of esters is 2. The molecule has 0 aliphatic carbocycles. The quantitative estimate of drug-likeness (QED) is 0.0485. The van der Waals surface area contributed by atoms with E-state index in [1.807, 2.05) is 42.2 Å². The van der Waals surface area contributed by atoms with E-state index in [0.717, 1.165) is 17.5 Å². The van der Waals surface area contributed by atoms with Crippen LogP contribution >= 0.6 is 0 Å². The van der Waals surface area contributed by atoms with Gasteiger partial charge < -0.3 is 14.4 Å². The Morgan fingerprint density at radius 1 is 0.845 bits per heavy atom. The molecule has 20 heteroatoms. The molecule has 16 nitrogen and oxygen atoms in total. The highest BCUT2D eigenvalue weighted by Gasteiger charge is 2.46. The lowest BCUT2D eigenvalue weighted by Crippen LogP contribution is -2.31. The molecule has 0 bridgehead atoms. The number of aryl methyl sites for hydroxylation is 1. The van der Waals surface area contributed by atoms with Crippen LogP contribution in [-0.2, 0) is 25.9 Å². The molecule has 3 heterocycles. The first-order valence-electron chi connectivity index (χ1n) is 17.9. The number of halogens is 3. The number of hydrazine groups is 1. The van der Waals surface area contributed by atoms with E-state index in [2.05, 4.69) is 35.6 Å².